The molecule has 2 aliphatic rings. The van der Waals surface area contributed by atoms with Gasteiger partial charge in [-0.05, 0) is 43.4 Å². The van der Waals surface area contributed by atoms with E-state index in [1.807, 2.05) is 6.07 Å². The lowest BCUT2D eigenvalue weighted by atomic mass is 9.79. The Hall–Kier alpha value is -3.54. The van der Waals surface area contributed by atoms with Crippen molar-refractivity contribution in [1.82, 2.24) is 9.97 Å². The van der Waals surface area contributed by atoms with Gasteiger partial charge >= 0.3 is 0 Å². The lowest BCUT2D eigenvalue weighted by Crippen LogP contribution is -2.43. The Bertz CT molecular complexity index is 1110. The van der Waals surface area contributed by atoms with Crippen molar-refractivity contribution in [3.63, 3.8) is 0 Å². The molecule has 0 radical (unpaired) electrons. The number of benzene rings is 1. The molecule has 3 N–H and O–H groups in total. The van der Waals surface area contributed by atoms with Crippen molar-refractivity contribution in [2.24, 2.45) is 5.92 Å². The number of phenolic OH excluding ortho intramolecular Hbond substituents is 1. The van der Waals surface area contributed by atoms with Gasteiger partial charge in [-0.1, -0.05) is 13.0 Å². The molecule has 0 bridgehead atoms. The minimum Gasteiger partial charge on any atom is -0.504 e. The largest absolute Gasteiger partial charge is 0.504 e. The third-order valence-electron chi connectivity index (χ3n) is 6.18. The number of aromatic nitrogens is 2. The zero-order chi connectivity index (χ0) is 22.1. The van der Waals surface area contributed by atoms with Gasteiger partial charge in [-0.3, -0.25) is 14.6 Å². The number of aromatic amines is 1. The lowest BCUT2D eigenvalue weighted by molar-refractivity contribution is -0.119. The molecule has 31 heavy (non-hydrogen) atoms. The summed E-state index contributed by atoms with van der Waals surface area (Å²) >= 11 is 0. The van der Waals surface area contributed by atoms with Crippen LogP contribution in [0.4, 0.5) is 11.8 Å². The number of H-pyrrole nitrogens is 1. The molecule has 9 nitrogen and oxygen atoms in total. The van der Waals surface area contributed by atoms with Crippen molar-refractivity contribution < 1.29 is 14.6 Å². The number of anilines is 2. The van der Waals surface area contributed by atoms with Crippen LogP contribution in [0, 0.1) is 17.2 Å². The highest BCUT2D eigenvalue weighted by molar-refractivity contribution is 5.98. The molecule has 2 aliphatic heterocycles. The molecule has 4 rings (SSSR count). The Morgan fingerprint density at radius 2 is 2.16 bits per heavy atom. The van der Waals surface area contributed by atoms with Crippen molar-refractivity contribution in [1.29, 1.82) is 5.26 Å². The number of nitrogens with zero attached hydrogens (tertiary/aromatic N) is 3. The Kier molecular flexibility index (Phi) is 5.55. The molecule has 1 amide bonds. The van der Waals surface area contributed by atoms with Crippen molar-refractivity contribution in [2.75, 3.05) is 23.9 Å². The highest BCUT2D eigenvalue weighted by Crippen LogP contribution is 2.41. The third-order valence-corrected chi connectivity index (χ3v) is 6.18. The van der Waals surface area contributed by atoms with Crippen molar-refractivity contribution in [2.45, 2.75) is 44.6 Å². The summed E-state index contributed by atoms with van der Waals surface area (Å²) in [5, 5.41) is 22.3. The van der Waals surface area contributed by atoms with Gasteiger partial charge in [-0.2, -0.15) is 10.2 Å². The Labute approximate surface area is 179 Å². The molecule has 3 unspecified atom stereocenters. The monoisotopic (exact) mass is 423 g/mol. The van der Waals surface area contributed by atoms with Crippen LogP contribution in [0.3, 0.4) is 0 Å². The second-order valence-corrected chi connectivity index (χ2v) is 7.91. The van der Waals surface area contributed by atoms with Gasteiger partial charge < -0.3 is 20.1 Å². The summed E-state index contributed by atoms with van der Waals surface area (Å²) < 4.78 is 5.17. The minimum atomic E-state index is -1.12. The fourth-order valence-electron chi connectivity index (χ4n) is 4.59. The van der Waals surface area contributed by atoms with Gasteiger partial charge in [0.25, 0.3) is 5.56 Å². The fraction of sp³-hybridized carbons (Fsp3) is 0.455. The first-order valence-electron chi connectivity index (χ1n) is 10.5. The van der Waals surface area contributed by atoms with Crippen LogP contribution in [0.5, 0.6) is 11.5 Å². The van der Waals surface area contributed by atoms with E-state index in [4.69, 9.17) is 4.74 Å². The summed E-state index contributed by atoms with van der Waals surface area (Å²) in [6, 6.07) is 6.83. The first-order valence-corrected chi connectivity index (χ1v) is 10.5. The van der Waals surface area contributed by atoms with E-state index in [2.05, 4.69) is 27.1 Å². The molecule has 9 heteroatoms. The maximum Gasteiger partial charge on any atom is 0.258 e. The van der Waals surface area contributed by atoms with Crippen LogP contribution in [-0.4, -0.2) is 40.7 Å². The molecule has 162 valence electrons. The summed E-state index contributed by atoms with van der Waals surface area (Å²) in [4.78, 5) is 35.5. The van der Waals surface area contributed by atoms with Crippen molar-refractivity contribution >= 4 is 17.7 Å². The number of nitrogens with one attached hydrogen (secondary N) is 2. The molecule has 3 heterocycles. The molecule has 1 fully saturated rings. The average molecular weight is 423 g/mol. The molecule has 1 saturated heterocycles. The molecule has 0 spiro atoms. The highest BCUT2D eigenvalue weighted by atomic mass is 16.5. The van der Waals surface area contributed by atoms with Gasteiger partial charge in [0.1, 0.15) is 11.7 Å². The Balaban J connectivity index is 1.85. The van der Waals surface area contributed by atoms with Crippen molar-refractivity contribution in [3.8, 4) is 17.6 Å². The molecular weight excluding hydrogens is 398 g/mol. The van der Waals surface area contributed by atoms with E-state index in [0.29, 0.717) is 11.5 Å². The van der Waals surface area contributed by atoms with Crippen LogP contribution in [-0.2, 0) is 4.79 Å². The zero-order valence-corrected chi connectivity index (χ0v) is 17.5. The van der Waals surface area contributed by atoms with Crippen LogP contribution >= 0.6 is 0 Å². The van der Waals surface area contributed by atoms with Crippen LogP contribution in [0.15, 0.2) is 23.0 Å². The number of nitriles is 1. The molecule has 1 aromatic heterocycles. The van der Waals surface area contributed by atoms with Gasteiger partial charge in [0.15, 0.2) is 11.5 Å². The zero-order valence-electron chi connectivity index (χ0n) is 17.5. The van der Waals surface area contributed by atoms with Crippen LogP contribution in [0.2, 0.25) is 0 Å². The minimum absolute atomic E-state index is 0.0710. The van der Waals surface area contributed by atoms with E-state index in [0.717, 1.165) is 32.2 Å². The number of fused-ring (bicyclic) bond motifs is 1. The number of piperidine rings is 1. The van der Waals surface area contributed by atoms with Gasteiger partial charge in [-0.15, -0.1) is 0 Å². The topological polar surface area (TPSA) is 131 Å². The second kappa shape index (κ2) is 8.30. The number of amides is 1. The number of carbonyl (C=O) groups is 1. The number of hydrogen-bond donors (Lipinski definition) is 3. The van der Waals surface area contributed by atoms with E-state index in [-0.39, 0.29) is 28.9 Å². The summed E-state index contributed by atoms with van der Waals surface area (Å²) in [7, 11) is 1.41. The molecule has 2 aromatic rings. The van der Waals surface area contributed by atoms with Gasteiger partial charge in [0.05, 0.1) is 18.7 Å². The lowest BCUT2D eigenvalue weighted by Gasteiger charge is -2.36. The van der Waals surface area contributed by atoms with Crippen molar-refractivity contribution in [3.05, 3.63) is 39.7 Å². The number of methoxy groups -OCH3 is 1. The molecule has 0 saturated carbocycles. The predicted molar refractivity (Wildman–Crippen MR) is 114 cm³/mol. The first kappa shape index (κ1) is 20.7. The number of carbonyl (C=O) groups excluding carboxylic acids is 1. The van der Waals surface area contributed by atoms with Gasteiger partial charge in [-0.25, -0.2) is 0 Å². The molecule has 1 aromatic carbocycles. The van der Waals surface area contributed by atoms with E-state index in [1.54, 1.807) is 6.07 Å². The third kappa shape index (κ3) is 3.58. The number of ether oxygens (including phenoxy) is 1. The van der Waals surface area contributed by atoms with E-state index >= 15 is 0 Å². The quantitative estimate of drug-likeness (QED) is 0.688. The Morgan fingerprint density at radius 1 is 1.35 bits per heavy atom. The molecule has 3 atom stereocenters. The molecule has 0 aliphatic carbocycles. The predicted octanol–water partition coefficient (Wildman–Crippen LogP) is 2.48. The summed E-state index contributed by atoms with van der Waals surface area (Å²) in [6.07, 6.45) is 4.10. The number of rotatable bonds is 4. The fourth-order valence-corrected chi connectivity index (χ4v) is 4.59. The summed E-state index contributed by atoms with van der Waals surface area (Å²) in [5.74, 6) is -1.73. The smallest absolute Gasteiger partial charge is 0.258 e. The first-order chi connectivity index (χ1) is 15.0. The maximum absolute atomic E-state index is 13.2. The summed E-state index contributed by atoms with van der Waals surface area (Å²) in [5.41, 5.74) is 0.354. The average Bonchev–Trinajstić information content (AvgIpc) is 2.78. The second-order valence-electron chi connectivity index (χ2n) is 7.91. The van der Waals surface area contributed by atoms with Gasteiger partial charge in [0, 0.05) is 18.5 Å². The van der Waals surface area contributed by atoms with Crippen LogP contribution < -0.4 is 20.5 Å². The van der Waals surface area contributed by atoms with Crippen LogP contribution in [0.25, 0.3) is 0 Å². The van der Waals surface area contributed by atoms with E-state index < -0.39 is 23.3 Å². The van der Waals surface area contributed by atoms with Crippen LogP contribution in [0.1, 0.15) is 49.7 Å². The standard InChI is InChI=1S/C22H25N5O4/c1-3-13-6-4-5-9-27(13)22-25-19-18(21(30)26-22)17(14(11-23)20(29)24-19)12-7-8-15(28)16(10-12)31-2/h7-8,10,13-14,17,28H,3-6,9H2,1-2H3,(H2,24,25,26,29,30). The van der Waals surface area contributed by atoms with Gasteiger partial charge in [0.2, 0.25) is 11.9 Å². The molecular formula is C22H25N5O4. The Morgan fingerprint density at radius 3 is 2.87 bits per heavy atom. The highest BCUT2D eigenvalue weighted by Gasteiger charge is 2.41. The maximum atomic E-state index is 13.2. The normalized spacial score (nSPS) is 22.9. The number of phenols is 1. The SMILES string of the molecule is CCC1CCCCN1c1nc2c(c(=O)[nH]1)C(c1ccc(O)c(OC)c1)C(C#N)C(=O)N2. The van der Waals surface area contributed by atoms with E-state index in [9.17, 15) is 20.0 Å². The van der Waals surface area contributed by atoms with E-state index in [1.165, 1.54) is 19.2 Å². The number of aromatic hydroxyl groups is 1. The summed E-state index contributed by atoms with van der Waals surface area (Å²) in [6.45, 7) is 2.89. The number of hydrogen-bond acceptors (Lipinski definition) is 7.